The third kappa shape index (κ3) is 32.3. The van der Waals surface area contributed by atoms with Crippen LogP contribution in [0.15, 0.2) is 24.3 Å². The van der Waals surface area contributed by atoms with Gasteiger partial charge >= 0.3 is 0 Å². The summed E-state index contributed by atoms with van der Waals surface area (Å²) in [6.07, 6.45) is 21.7. The predicted octanol–water partition coefficient (Wildman–Crippen LogP) is 5.31. The molecule has 3 heteroatoms. The van der Waals surface area contributed by atoms with Crippen LogP contribution in [0.3, 0.4) is 0 Å². The molecule has 0 aromatic heterocycles. The predicted molar refractivity (Wildman–Crippen MR) is 89.5 cm³/mol. The molecule has 0 aromatic carbocycles. The van der Waals surface area contributed by atoms with Crippen LogP contribution in [0, 0.1) is 0 Å². The van der Waals surface area contributed by atoms with E-state index in [2.05, 4.69) is 31.2 Å². The smallest absolute Gasteiger partial charge is 0.300 e. The van der Waals surface area contributed by atoms with Gasteiger partial charge in [-0.2, -0.15) is 0 Å². The summed E-state index contributed by atoms with van der Waals surface area (Å²) in [6.45, 7) is 3.30. The quantitative estimate of drug-likeness (QED) is 0.301. The van der Waals surface area contributed by atoms with E-state index in [-0.39, 0.29) is 0 Å². The van der Waals surface area contributed by atoms with Crippen LogP contribution in [0.5, 0.6) is 0 Å². The Balaban J connectivity index is 0. The molecule has 0 saturated heterocycles. The number of unbranched alkanes of at least 4 members (excludes halogenated alkanes) is 8. The van der Waals surface area contributed by atoms with Crippen molar-refractivity contribution in [3.8, 4) is 0 Å². The van der Waals surface area contributed by atoms with Crippen molar-refractivity contribution in [2.45, 2.75) is 78.1 Å². The fourth-order valence-electron chi connectivity index (χ4n) is 1.69. The first kappa shape index (κ1) is 21.9. The van der Waals surface area contributed by atoms with Gasteiger partial charge in [-0.15, -0.1) is 0 Å². The van der Waals surface area contributed by atoms with Crippen molar-refractivity contribution in [1.29, 1.82) is 0 Å². The SMILES string of the molecule is CC(=O)O.CCCC/C=C\C=C/CCCCCCCC=O. The second-order valence-electron chi connectivity index (χ2n) is 5.03. The summed E-state index contributed by atoms with van der Waals surface area (Å²) in [6, 6.07) is 0. The Morgan fingerprint density at radius 3 is 1.76 bits per heavy atom. The molecular weight excluding hydrogens is 264 g/mol. The number of aliphatic carboxylic acids is 1. The van der Waals surface area contributed by atoms with Gasteiger partial charge in [0.05, 0.1) is 0 Å². The summed E-state index contributed by atoms with van der Waals surface area (Å²) in [4.78, 5) is 19.1. The molecule has 0 saturated carbocycles. The van der Waals surface area contributed by atoms with E-state index in [0.717, 1.165) is 26.1 Å². The molecule has 0 heterocycles. The van der Waals surface area contributed by atoms with Gasteiger partial charge in [0.1, 0.15) is 6.29 Å². The second kappa shape index (κ2) is 20.9. The zero-order chi connectivity index (χ0) is 16.2. The van der Waals surface area contributed by atoms with Gasteiger partial charge in [0.2, 0.25) is 0 Å². The van der Waals surface area contributed by atoms with Gasteiger partial charge in [0, 0.05) is 13.3 Å². The highest BCUT2D eigenvalue weighted by atomic mass is 16.4. The summed E-state index contributed by atoms with van der Waals surface area (Å²) >= 11 is 0. The molecule has 0 radical (unpaired) electrons. The molecule has 122 valence electrons. The van der Waals surface area contributed by atoms with Crippen molar-refractivity contribution in [2.24, 2.45) is 0 Å². The summed E-state index contributed by atoms with van der Waals surface area (Å²) in [5, 5.41) is 7.42. The van der Waals surface area contributed by atoms with Gasteiger partial charge in [-0.3, -0.25) is 4.79 Å². The Labute approximate surface area is 130 Å². The molecule has 0 amide bonds. The minimum Gasteiger partial charge on any atom is -0.481 e. The van der Waals surface area contributed by atoms with E-state index in [0.29, 0.717) is 0 Å². The van der Waals surface area contributed by atoms with Gasteiger partial charge in [0.25, 0.3) is 5.97 Å². The summed E-state index contributed by atoms with van der Waals surface area (Å²) in [7, 11) is 0. The molecule has 0 aliphatic carbocycles. The van der Waals surface area contributed by atoms with Crippen LogP contribution in [0.4, 0.5) is 0 Å². The highest BCUT2D eigenvalue weighted by molar-refractivity contribution is 5.62. The van der Waals surface area contributed by atoms with Gasteiger partial charge in [0.15, 0.2) is 0 Å². The largest absolute Gasteiger partial charge is 0.481 e. The highest BCUT2D eigenvalue weighted by Gasteiger charge is 1.88. The summed E-state index contributed by atoms with van der Waals surface area (Å²) < 4.78 is 0. The number of aldehydes is 1. The number of carboxylic acid groups (broad SMARTS) is 1. The first-order valence-electron chi connectivity index (χ1n) is 8.10. The molecule has 0 spiro atoms. The lowest BCUT2D eigenvalue weighted by Crippen LogP contribution is -1.79. The maximum Gasteiger partial charge on any atom is 0.300 e. The maximum atomic E-state index is 10.1. The molecule has 0 aromatic rings. The lowest BCUT2D eigenvalue weighted by molar-refractivity contribution is -0.134. The van der Waals surface area contributed by atoms with Gasteiger partial charge in [-0.1, -0.05) is 63.3 Å². The van der Waals surface area contributed by atoms with Gasteiger partial charge in [-0.05, 0) is 25.7 Å². The standard InChI is InChI=1S/C16H28O.C2H4O2/c1-2-3-4-5-6-7-8-9-10-11-12-13-14-15-16-17;1-2(3)4/h5-8,16H,2-4,9-15H2,1H3;1H3,(H,3,4)/b6-5-,8-7-;. The third-order valence-corrected chi connectivity index (χ3v) is 2.80. The molecule has 0 aliphatic heterocycles. The number of carboxylic acids is 1. The topological polar surface area (TPSA) is 54.4 Å². The first-order chi connectivity index (χ1) is 10.1. The van der Waals surface area contributed by atoms with E-state index in [1.807, 2.05) is 0 Å². The Bertz CT molecular complexity index is 276. The Morgan fingerprint density at radius 2 is 1.29 bits per heavy atom. The summed E-state index contributed by atoms with van der Waals surface area (Å²) in [5.74, 6) is -0.833. The lowest BCUT2D eigenvalue weighted by Gasteiger charge is -1.96. The van der Waals surface area contributed by atoms with Crippen molar-refractivity contribution in [2.75, 3.05) is 0 Å². The Morgan fingerprint density at radius 1 is 0.857 bits per heavy atom. The molecule has 0 atom stereocenters. The average molecular weight is 296 g/mol. The molecule has 0 rings (SSSR count). The number of hydrogen-bond donors (Lipinski definition) is 1. The average Bonchev–Trinajstić information content (AvgIpc) is 2.43. The highest BCUT2D eigenvalue weighted by Crippen LogP contribution is 2.06. The van der Waals surface area contributed by atoms with Crippen LogP contribution in [-0.4, -0.2) is 17.4 Å². The summed E-state index contributed by atoms with van der Waals surface area (Å²) in [5.41, 5.74) is 0. The van der Waals surface area contributed by atoms with Crippen LogP contribution in [-0.2, 0) is 9.59 Å². The monoisotopic (exact) mass is 296 g/mol. The van der Waals surface area contributed by atoms with Gasteiger partial charge < -0.3 is 9.90 Å². The van der Waals surface area contributed by atoms with E-state index in [1.165, 1.54) is 51.4 Å². The van der Waals surface area contributed by atoms with Crippen molar-refractivity contribution < 1.29 is 14.7 Å². The van der Waals surface area contributed by atoms with Crippen LogP contribution in [0.1, 0.15) is 78.1 Å². The van der Waals surface area contributed by atoms with Crippen LogP contribution in [0.25, 0.3) is 0 Å². The number of carbonyl (C=O) groups excluding carboxylic acids is 1. The van der Waals surface area contributed by atoms with E-state index in [1.54, 1.807) is 0 Å². The molecule has 0 bridgehead atoms. The number of carbonyl (C=O) groups is 2. The number of rotatable bonds is 12. The maximum absolute atomic E-state index is 10.1. The minimum atomic E-state index is -0.833. The lowest BCUT2D eigenvalue weighted by atomic mass is 10.1. The Hall–Kier alpha value is -1.38. The molecule has 0 fully saturated rings. The van der Waals surface area contributed by atoms with Crippen LogP contribution in [0.2, 0.25) is 0 Å². The zero-order valence-corrected chi connectivity index (χ0v) is 13.7. The molecule has 0 unspecified atom stereocenters. The fraction of sp³-hybridized carbons (Fsp3) is 0.667. The first-order valence-corrected chi connectivity index (χ1v) is 8.10. The zero-order valence-electron chi connectivity index (χ0n) is 13.7. The van der Waals surface area contributed by atoms with Crippen molar-refractivity contribution in [3.05, 3.63) is 24.3 Å². The molecule has 1 N–H and O–H groups in total. The van der Waals surface area contributed by atoms with E-state index in [4.69, 9.17) is 9.90 Å². The van der Waals surface area contributed by atoms with Crippen LogP contribution < -0.4 is 0 Å². The van der Waals surface area contributed by atoms with Crippen molar-refractivity contribution >= 4 is 12.3 Å². The third-order valence-electron chi connectivity index (χ3n) is 2.80. The Kier molecular flexibility index (Phi) is 21.8. The molecular formula is C18H32O3. The van der Waals surface area contributed by atoms with E-state index < -0.39 is 5.97 Å². The van der Waals surface area contributed by atoms with E-state index in [9.17, 15) is 4.79 Å². The minimum absolute atomic E-state index is 0.739. The van der Waals surface area contributed by atoms with Crippen LogP contribution >= 0.6 is 0 Å². The van der Waals surface area contributed by atoms with Crippen molar-refractivity contribution in [3.63, 3.8) is 0 Å². The second-order valence-corrected chi connectivity index (χ2v) is 5.03. The molecule has 3 nitrogen and oxygen atoms in total. The van der Waals surface area contributed by atoms with Crippen molar-refractivity contribution in [1.82, 2.24) is 0 Å². The molecule has 0 aliphatic rings. The number of allylic oxidation sites excluding steroid dienone is 4. The normalized spacial score (nSPS) is 10.6. The fourth-order valence-corrected chi connectivity index (χ4v) is 1.69. The van der Waals surface area contributed by atoms with Gasteiger partial charge in [-0.25, -0.2) is 0 Å². The molecule has 21 heavy (non-hydrogen) atoms. The van der Waals surface area contributed by atoms with E-state index >= 15 is 0 Å². The number of hydrogen-bond acceptors (Lipinski definition) is 2.